The van der Waals surface area contributed by atoms with E-state index < -0.39 is 96.8 Å². The van der Waals surface area contributed by atoms with E-state index in [2.05, 4.69) is 16.0 Å². The lowest BCUT2D eigenvalue weighted by Gasteiger charge is -2.42. The van der Waals surface area contributed by atoms with Crippen LogP contribution in [0.2, 0.25) is 0 Å². The summed E-state index contributed by atoms with van der Waals surface area (Å²) >= 11 is 0. The van der Waals surface area contributed by atoms with Gasteiger partial charge in [-0.25, -0.2) is 4.99 Å². The van der Waals surface area contributed by atoms with Crippen molar-refractivity contribution in [3.05, 3.63) is 0 Å². The van der Waals surface area contributed by atoms with Crippen LogP contribution in [0, 0.1) is 0 Å². The Morgan fingerprint density at radius 2 is 1.23 bits per heavy atom. The molecule has 10 atom stereocenters. The topological polar surface area (TPSA) is 185 Å². The first-order chi connectivity index (χ1) is 20.0. The van der Waals surface area contributed by atoms with Crippen LogP contribution in [0.15, 0.2) is 9.98 Å². The van der Waals surface area contributed by atoms with Gasteiger partial charge in [0, 0.05) is 27.7 Å². The molecule has 16 nitrogen and oxygen atoms in total. The Hall–Kier alpha value is -2.98. The summed E-state index contributed by atoms with van der Waals surface area (Å²) in [6.45, 7) is 11.3. The minimum absolute atomic E-state index is 0.0163. The number of ether oxygens (including phenoxy) is 10. The molecule has 4 rings (SSSR count). The van der Waals surface area contributed by atoms with Crippen LogP contribution in [0.3, 0.4) is 0 Å². The number of fused-ring (bicyclic) bond motifs is 3. The zero-order chi connectivity index (χ0) is 31.7. The van der Waals surface area contributed by atoms with Gasteiger partial charge >= 0.3 is 23.9 Å². The molecule has 4 aliphatic rings. The summed E-state index contributed by atoms with van der Waals surface area (Å²) < 4.78 is 57.3. The van der Waals surface area contributed by atoms with Gasteiger partial charge in [0.05, 0.1) is 12.6 Å². The molecule has 4 aliphatic heterocycles. The molecular weight excluding hydrogens is 576 g/mol. The zero-order valence-electron chi connectivity index (χ0n) is 25.3. The van der Waals surface area contributed by atoms with Gasteiger partial charge in [0.15, 0.2) is 42.4 Å². The highest BCUT2D eigenvalue weighted by atomic mass is 16.9. The molecule has 0 aromatic carbocycles. The van der Waals surface area contributed by atoms with Crippen LogP contribution >= 0.6 is 0 Å². The summed E-state index contributed by atoms with van der Waals surface area (Å²) in [6.07, 6.45) is -9.37. The molecule has 0 bridgehead atoms. The molecule has 0 spiro atoms. The first-order valence-electron chi connectivity index (χ1n) is 13.8. The first-order valence-corrected chi connectivity index (χ1v) is 13.8. The van der Waals surface area contributed by atoms with Crippen molar-refractivity contribution in [3.63, 3.8) is 0 Å². The van der Waals surface area contributed by atoms with Gasteiger partial charge in [-0.15, -0.1) is 0 Å². The summed E-state index contributed by atoms with van der Waals surface area (Å²) in [6, 6.07) is 2.53. The largest absolute Gasteiger partial charge is 0.463 e. The van der Waals surface area contributed by atoms with Crippen molar-refractivity contribution in [2.24, 2.45) is 9.98 Å². The van der Waals surface area contributed by atoms with E-state index in [4.69, 9.17) is 47.4 Å². The lowest BCUT2D eigenvalue weighted by atomic mass is 9.97. The van der Waals surface area contributed by atoms with E-state index in [1.807, 2.05) is 0 Å². The van der Waals surface area contributed by atoms with Crippen LogP contribution < -0.4 is 0 Å². The molecule has 0 N–H and O–H groups in total. The number of esters is 4. The van der Waals surface area contributed by atoms with E-state index in [1.54, 1.807) is 27.7 Å². The smallest absolute Gasteiger partial charge is 0.303 e. The van der Waals surface area contributed by atoms with E-state index in [1.165, 1.54) is 6.92 Å². The van der Waals surface area contributed by atoms with E-state index >= 15 is 0 Å². The molecule has 0 unspecified atom stereocenters. The molecule has 0 aliphatic carbocycles. The highest BCUT2D eigenvalue weighted by Crippen LogP contribution is 2.44. The van der Waals surface area contributed by atoms with Gasteiger partial charge in [-0.3, -0.25) is 19.2 Å². The number of hydrogen-bond donors (Lipinski definition) is 0. The molecule has 0 aromatic rings. The standard InChI is InChI=1S/C27H38N2O14/c1-12(30)34-10-17-18(35-13(2)31)20(36-14(3)32)22(37-15(4)33)24(38-17)29-11-28-9-16-19-21(41-26(5,6)40-19)23-25(39-16)43-27(7,8)42-23/h16-25H,9-10H2,1-8H3/t16-,17-,18-,19+,20+,21+,22-,23-,24-,25-/m1/s1. The first kappa shape index (κ1) is 32.9. The van der Waals surface area contributed by atoms with Crippen LogP contribution in [-0.2, 0) is 66.5 Å². The fraction of sp³-hybridized carbons (Fsp3) is 0.815. The third kappa shape index (κ3) is 8.15. The Bertz CT molecular complexity index is 1150. The van der Waals surface area contributed by atoms with Crippen LogP contribution in [0.1, 0.15) is 55.4 Å². The normalized spacial score (nSPS) is 37.1. The molecule has 0 saturated carbocycles. The Morgan fingerprint density at radius 1 is 0.674 bits per heavy atom. The number of hydrogen-bond acceptors (Lipinski definition) is 16. The van der Waals surface area contributed by atoms with Crippen LogP contribution in [-0.4, -0.2) is 116 Å². The van der Waals surface area contributed by atoms with Crippen molar-refractivity contribution in [1.82, 2.24) is 0 Å². The van der Waals surface area contributed by atoms with Crippen molar-refractivity contribution in [3.8, 4) is 0 Å². The summed E-state index contributed by atoms with van der Waals surface area (Å²) in [5, 5.41) is 0. The average Bonchev–Trinajstić information content (AvgIpc) is 3.36. The van der Waals surface area contributed by atoms with Crippen LogP contribution in [0.25, 0.3) is 0 Å². The number of aliphatic imine (C=N–C) groups is 2. The number of carbonyl (C=O) groups is 4. The fourth-order valence-corrected chi connectivity index (χ4v) is 5.38. The highest BCUT2D eigenvalue weighted by Gasteiger charge is 2.60. The summed E-state index contributed by atoms with van der Waals surface area (Å²) in [4.78, 5) is 55.8. The van der Waals surface area contributed by atoms with Gasteiger partial charge in [0.2, 0.25) is 0 Å². The predicted octanol–water partition coefficient (Wildman–Crippen LogP) is 0.640. The minimum atomic E-state index is -1.36. The maximum atomic E-state index is 12.0. The minimum Gasteiger partial charge on any atom is -0.463 e. The van der Waals surface area contributed by atoms with Gasteiger partial charge in [0.1, 0.15) is 37.1 Å². The van der Waals surface area contributed by atoms with Crippen molar-refractivity contribution in [2.75, 3.05) is 13.2 Å². The molecule has 4 saturated heterocycles. The molecular formula is C27H38N2O14. The SMILES string of the molecule is CC(=O)OC[C@H]1O[C@@H](N=C=NC[C@H]2O[C@@H]3OC(C)(C)O[C@@H]3[C@H]3OC(C)(C)O[C@H]32)[C@H](OC(C)=O)[C@@H](OC(C)=O)[C@@H]1OC(C)=O. The highest BCUT2D eigenvalue weighted by molar-refractivity contribution is 5.68. The Balaban J connectivity index is 1.57. The van der Waals surface area contributed by atoms with E-state index in [0.29, 0.717) is 0 Å². The molecule has 0 amide bonds. The van der Waals surface area contributed by atoms with Crippen molar-refractivity contribution in [1.29, 1.82) is 0 Å². The fourth-order valence-electron chi connectivity index (χ4n) is 5.38. The summed E-state index contributed by atoms with van der Waals surface area (Å²) in [7, 11) is 0. The van der Waals surface area contributed by atoms with Gasteiger partial charge in [0.25, 0.3) is 0 Å². The Kier molecular flexibility index (Phi) is 9.91. The maximum absolute atomic E-state index is 12.0. The molecule has 4 fully saturated rings. The molecule has 16 heteroatoms. The quantitative estimate of drug-likeness (QED) is 0.211. The van der Waals surface area contributed by atoms with Gasteiger partial charge in [-0.1, -0.05) is 0 Å². The van der Waals surface area contributed by atoms with Crippen molar-refractivity contribution >= 4 is 29.9 Å². The van der Waals surface area contributed by atoms with Crippen molar-refractivity contribution < 1.29 is 66.5 Å². The monoisotopic (exact) mass is 614 g/mol. The molecule has 0 radical (unpaired) electrons. The second-order valence-electron chi connectivity index (χ2n) is 11.4. The van der Waals surface area contributed by atoms with E-state index in [-0.39, 0.29) is 13.2 Å². The Labute approximate surface area is 248 Å². The second-order valence-corrected chi connectivity index (χ2v) is 11.4. The zero-order valence-corrected chi connectivity index (χ0v) is 25.3. The number of carbonyl (C=O) groups excluding carboxylic acids is 4. The van der Waals surface area contributed by atoms with Gasteiger partial charge in [-0.2, -0.15) is 4.99 Å². The second kappa shape index (κ2) is 12.9. The summed E-state index contributed by atoms with van der Waals surface area (Å²) in [5.41, 5.74) is 0. The number of rotatable bonds is 8. The molecule has 4 heterocycles. The lowest BCUT2D eigenvalue weighted by molar-refractivity contribution is -0.250. The molecule has 0 aromatic heterocycles. The maximum Gasteiger partial charge on any atom is 0.303 e. The predicted molar refractivity (Wildman–Crippen MR) is 139 cm³/mol. The molecule has 43 heavy (non-hydrogen) atoms. The number of nitrogens with zero attached hydrogens (tertiary/aromatic N) is 2. The van der Waals surface area contributed by atoms with Crippen LogP contribution in [0.4, 0.5) is 0 Å². The summed E-state index contributed by atoms with van der Waals surface area (Å²) in [5.74, 6) is -4.65. The van der Waals surface area contributed by atoms with Crippen molar-refractivity contribution in [2.45, 2.75) is 128 Å². The van der Waals surface area contributed by atoms with E-state index in [9.17, 15) is 19.2 Å². The van der Waals surface area contributed by atoms with Crippen LogP contribution in [0.5, 0.6) is 0 Å². The van der Waals surface area contributed by atoms with E-state index in [0.717, 1.165) is 20.8 Å². The Morgan fingerprint density at radius 3 is 1.86 bits per heavy atom. The van der Waals surface area contributed by atoms with Gasteiger partial charge in [-0.05, 0) is 27.7 Å². The van der Waals surface area contributed by atoms with Gasteiger partial charge < -0.3 is 47.4 Å². The lowest BCUT2D eigenvalue weighted by Crippen LogP contribution is -2.61. The molecule has 240 valence electrons. The third-order valence-corrected chi connectivity index (χ3v) is 6.74. The average molecular weight is 615 g/mol. The third-order valence-electron chi connectivity index (χ3n) is 6.74.